The summed E-state index contributed by atoms with van der Waals surface area (Å²) in [5, 5.41) is 3.13. The van der Waals surface area contributed by atoms with Crippen LogP contribution >= 0.6 is 0 Å². The van der Waals surface area contributed by atoms with Crippen molar-refractivity contribution in [3.63, 3.8) is 0 Å². The maximum atomic E-state index is 13.3. The van der Waals surface area contributed by atoms with Gasteiger partial charge in [0.05, 0.1) is 11.4 Å². The molecule has 4 nitrogen and oxygen atoms in total. The van der Waals surface area contributed by atoms with Crippen molar-refractivity contribution >= 4 is 11.7 Å². The molecule has 0 bridgehead atoms. The minimum atomic E-state index is -0.452. The van der Waals surface area contributed by atoms with Gasteiger partial charge in [0.15, 0.2) is 0 Å². The van der Waals surface area contributed by atoms with Crippen molar-refractivity contribution in [3.05, 3.63) is 34.8 Å². The molecular formula is C17H22FN3O. The third-order valence-corrected chi connectivity index (χ3v) is 4.45. The summed E-state index contributed by atoms with van der Waals surface area (Å²) in [6.07, 6.45) is 5.86. The maximum Gasteiger partial charge on any atom is 0.252 e. The molecule has 2 aliphatic rings. The van der Waals surface area contributed by atoms with Crippen molar-refractivity contribution in [3.8, 4) is 0 Å². The van der Waals surface area contributed by atoms with Gasteiger partial charge in [-0.15, -0.1) is 0 Å². The van der Waals surface area contributed by atoms with Crippen LogP contribution in [-0.2, 0) is 0 Å². The van der Waals surface area contributed by atoms with Crippen molar-refractivity contribution in [2.75, 3.05) is 11.9 Å². The van der Waals surface area contributed by atoms with Crippen LogP contribution in [0.4, 0.5) is 10.2 Å². The number of amides is 1. The van der Waals surface area contributed by atoms with Crippen LogP contribution in [0, 0.1) is 0 Å². The molecule has 1 atom stereocenters. The van der Waals surface area contributed by atoms with E-state index in [0.717, 1.165) is 30.5 Å². The highest BCUT2D eigenvalue weighted by Crippen LogP contribution is 2.46. The molecule has 3 rings (SSSR count). The minimum absolute atomic E-state index is 0.0233. The number of anilines is 1. The molecule has 1 aromatic rings. The summed E-state index contributed by atoms with van der Waals surface area (Å²) >= 11 is 0. The third-order valence-electron chi connectivity index (χ3n) is 4.45. The van der Waals surface area contributed by atoms with Gasteiger partial charge in [0.1, 0.15) is 5.82 Å². The zero-order valence-electron chi connectivity index (χ0n) is 12.9. The van der Waals surface area contributed by atoms with Gasteiger partial charge in [0, 0.05) is 18.2 Å². The van der Waals surface area contributed by atoms with E-state index < -0.39 is 5.91 Å². The number of rotatable bonds is 5. The molecule has 0 spiro atoms. The van der Waals surface area contributed by atoms with E-state index >= 15 is 0 Å². The van der Waals surface area contributed by atoms with Crippen LogP contribution in [0.2, 0.25) is 0 Å². The first-order valence-corrected chi connectivity index (χ1v) is 8.03. The Morgan fingerprint density at radius 1 is 1.41 bits per heavy atom. The quantitative estimate of drug-likeness (QED) is 0.873. The third kappa shape index (κ3) is 2.98. The van der Waals surface area contributed by atoms with Crippen LogP contribution in [0.5, 0.6) is 0 Å². The molecule has 1 heterocycles. The predicted octanol–water partition coefficient (Wildman–Crippen LogP) is 3.61. The number of carbonyl (C=O) groups is 1. The summed E-state index contributed by atoms with van der Waals surface area (Å²) in [6.45, 7) is 2.63. The Bertz CT molecular complexity index is 623. The van der Waals surface area contributed by atoms with Crippen molar-refractivity contribution in [2.24, 2.45) is 5.73 Å². The number of nitrogens with zero attached hydrogens (tertiary/aromatic N) is 1. The first-order chi connectivity index (χ1) is 10.6. The number of allylic oxidation sites excluding steroid dienone is 2. The first kappa shape index (κ1) is 15.0. The second-order valence-corrected chi connectivity index (χ2v) is 6.15. The van der Waals surface area contributed by atoms with Gasteiger partial charge in [0.2, 0.25) is 0 Å². The van der Waals surface area contributed by atoms with Gasteiger partial charge in [-0.2, -0.15) is 0 Å². The number of nitrogens with two attached hydrogens (primary N) is 1. The van der Waals surface area contributed by atoms with Crippen molar-refractivity contribution in [1.82, 2.24) is 4.98 Å². The molecule has 1 aromatic heterocycles. The van der Waals surface area contributed by atoms with Crippen molar-refractivity contribution in [2.45, 2.75) is 50.9 Å². The zero-order valence-corrected chi connectivity index (χ0v) is 12.9. The monoisotopic (exact) mass is 303 g/mol. The Balaban J connectivity index is 2.03. The number of nitrogens with one attached hydrogen (secondary N) is 1. The van der Waals surface area contributed by atoms with E-state index in [0.29, 0.717) is 36.7 Å². The summed E-state index contributed by atoms with van der Waals surface area (Å²) < 4.78 is 13.3. The van der Waals surface area contributed by atoms with E-state index in [1.54, 1.807) is 6.08 Å². The van der Waals surface area contributed by atoms with E-state index in [2.05, 4.69) is 5.32 Å². The van der Waals surface area contributed by atoms with Crippen LogP contribution < -0.4 is 11.1 Å². The molecule has 0 radical (unpaired) electrons. The van der Waals surface area contributed by atoms with Gasteiger partial charge in [-0.1, -0.05) is 6.08 Å². The fraction of sp³-hybridized carbons (Fsp3) is 0.529. The van der Waals surface area contributed by atoms with Gasteiger partial charge < -0.3 is 11.1 Å². The van der Waals surface area contributed by atoms with E-state index in [4.69, 9.17) is 10.7 Å². The minimum Gasteiger partial charge on any atom is -0.370 e. The van der Waals surface area contributed by atoms with E-state index in [1.807, 2.05) is 13.0 Å². The summed E-state index contributed by atoms with van der Waals surface area (Å²) in [7, 11) is 0. The van der Waals surface area contributed by atoms with Crippen LogP contribution in [-0.4, -0.2) is 17.4 Å². The Labute approximate surface area is 130 Å². The molecule has 1 saturated carbocycles. The Hall–Kier alpha value is -1.91. The summed E-state index contributed by atoms with van der Waals surface area (Å²) in [5.41, 5.74) is 8.12. The number of hydrogen-bond donors (Lipinski definition) is 2. The predicted molar refractivity (Wildman–Crippen MR) is 84.7 cm³/mol. The lowest BCUT2D eigenvalue weighted by atomic mass is 9.86. The first-order valence-electron chi connectivity index (χ1n) is 8.03. The molecule has 1 fully saturated rings. The van der Waals surface area contributed by atoms with Gasteiger partial charge in [-0.3, -0.25) is 4.79 Å². The van der Waals surface area contributed by atoms with Gasteiger partial charge in [-0.25, -0.2) is 9.37 Å². The normalized spacial score (nSPS) is 21.4. The summed E-state index contributed by atoms with van der Waals surface area (Å²) in [6, 6.07) is 1.91. The molecule has 0 aliphatic heterocycles. The largest absolute Gasteiger partial charge is 0.370 e. The number of carbonyl (C=O) groups excluding carboxylic acids is 1. The summed E-state index contributed by atoms with van der Waals surface area (Å²) in [4.78, 5) is 16.4. The Morgan fingerprint density at radius 3 is 2.73 bits per heavy atom. The van der Waals surface area contributed by atoms with Crippen LogP contribution in [0.1, 0.15) is 72.5 Å². The molecule has 0 aromatic carbocycles. The molecule has 1 amide bonds. The van der Waals surface area contributed by atoms with Crippen LogP contribution in [0.15, 0.2) is 18.0 Å². The fourth-order valence-corrected chi connectivity index (χ4v) is 3.13. The lowest BCUT2D eigenvalue weighted by Crippen LogP contribution is -2.19. The smallest absolute Gasteiger partial charge is 0.252 e. The zero-order chi connectivity index (χ0) is 15.7. The van der Waals surface area contributed by atoms with Gasteiger partial charge in [-0.05, 0) is 56.6 Å². The topological polar surface area (TPSA) is 68.0 Å². The average molecular weight is 303 g/mol. The summed E-state index contributed by atoms with van der Waals surface area (Å²) in [5.74, 6) is 0.794. The van der Waals surface area contributed by atoms with Crippen LogP contribution in [0.25, 0.3) is 0 Å². The van der Waals surface area contributed by atoms with E-state index in [1.165, 1.54) is 0 Å². The molecule has 1 unspecified atom stereocenters. The van der Waals surface area contributed by atoms with E-state index in [-0.39, 0.29) is 11.7 Å². The lowest BCUT2D eigenvalue weighted by molar-refractivity contribution is 0.100. The van der Waals surface area contributed by atoms with Crippen molar-refractivity contribution < 1.29 is 9.18 Å². The second-order valence-electron chi connectivity index (χ2n) is 6.15. The number of aromatic nitrogens is 1. The molecule has 0 saturated heterocycles. The van der Waals surface area contributed by atoms with Crippen molar-refractivity contribution in [1.29, 1.82) is 0 Å². The molecule has 118 valence electrons. The van der Waals surface area contributed by atoms with Gasteiger partial charge in [0.25, 0.3) is 5.91 Å². The second kappa shape index (κ2) is 6.07. The number of pyridine rings is 1. The number of hydrogen-bond acceptors (Lipinski definition) is 3. The molecule has 5 heteroatoms. The molecule has 22 heavy (non-hydrogen) atoms. The SMILES string of the molecule is CCNc1nc(C2CC=C(F)CC2)c(C2CC2)cc1C(N)=O. The molecule has 2 aliphatic carbocycles. The highest BCUT2D eigenvalue weighted by molar-refractivity contribution is 5.97. The maximum absolute atomic E-state index is 13.3. The highest BCUT2D eigenvalue weighted by Gasteiger charge is 2.32. The lowest BCUT2D eigenvalue weighted by Gasteiger charge is -2.23. The Morgan fingerprint density at radius 2 is 2.18 bits per heavy atom. The highest BCUT2D eigenvalue weighted by atomic mass is 19.1. The fourth-order valence-electron chi connectivity index (χ4n) is 3.13. The Kier molecular flexibility index (Phi) is 4.14. The number of primary amides is 1. The van der Waals surface area contributed by atoms with Crippen LogP contribution in [0.3, 0.4) is 0 Å². The van der Waals surface area contributed by atoms with Gasteiger partial charge >= 0.3 is 0 Å². The molecule has 3 N–H and O–H groups in total. The average Bonchev–Trinajstić information content (AvgIpc) is 3.32. The van der Waals surface area contributed by atoms with E-state index in [9.17, 15) is 9.18 Å². The molecular weight excluding hydrogens is 281 g/mol. The standard InChI is InChI=1S/C17H22FN3O/c1-2-20-17-14(16(19)22)9-13(10-3-4-10)15(21-17)11-5-7-12(18)8-6-11/h7,9-11H,2-6,8H2,1H3,(H2,19,22)(H,20,21). The number of halogens is 1.